The Labute approximate surface area is 157 Å². The molecular weight excluding hydrogens is 392 g/mol. The van der Waals surface area contributed by atoms with E-state index in [1.807, 2.05) is 68.6 Å². The molecule has 0 saturated heterocycles. The van der Waals surface area contributed by atoms with Gasteiger partial charge in [0.25, 0.3) is 5.91 Å². The number of carbonyl (C=O) groups is 1. The van der Waals surface area contributed by atoms with Crippen molar-refractivity contribution in [1.82, 2.24) is 10.6 Å². The van der Waals surface area contributed by atoms with Crippen molar-refractivity contribution in [2.24, 2.45) is 0 Å². The summed E-state index contributed by atoms with van der Waals surface area (Å²) in [5, 5.41) is 6.02. The number of halogens is 2. The monoisotopic (exact) mass is 412 g/mol. The second-order valence-corrected chi connectivity index (χ2v) is 6.21. The molecule has 0 aliphatic carbocycles. The highest BCUT2D eigenvalue weighted by molar-refractivity contribution is 9.10. The lowest BCUT2D eigenvalue weighted by molar-refractivity contribution is -0.128. The molecule has 2 atom stereocenters. The summed E-state index contributed by atoms with van der Waals surface area (Å²) in [5.41, 5.74) is 0.824. The third kappa shape index (κ3) is 6.15. The second kappa shape index (κ2) is 10.3. The molecule has 4 nitrogen and oxygen atoms in total. The Balaban J connectivity index is 0.00000288. The first-order valence-electron chi connectivity index (χ1n) is 7.52. The SMILES string of the molecule is CNC(C)CNC(=O)C(Oc1ccc(Br)cc1)c1ccccc1.Cl. The quantitative estimate of drug-likeness (QED) is 0.727. The molecule has 0 bridgehead atoms. The minimum absolute atomic E-state index is 0. The normalized spacial score (nSPS) is 12.6. The highest BCUT2D eigenvalue weighted by Gasteiger charge is 2.22. The third-order valence-electron chi connectivity index (χ3n) is 3.48. The number of ether oxygens (including phenoxy) is 1. The molecule has 6 heteroatoms. The maximum atomic E-state index is 12.6. The minimum Gasteiger partial charge on any atom is -0.476 e. The summed E-state index contributed by atoms with van der Waals surface area (Å²) in [4.78, 5) is 12.6. The average Bonchev–Trinajstić information content (AvgIpc) is 2.59. The summed E-state index contributed by atoms with van der Waals surface area (Å²) in [6.45, 7) is 2.55. The zero-order valence-electron chi connectivity index (χ0n) is 13.7. The predicted octanol–water partition coefficient (Wildman–Crippen LogP) is 3.72. The molecule has 0 fully saturated rings. The summed E-state index contributed by atoms with van der Waals surface area (Å²) < 4.78 is 6.90. The maximum absolute atomic E-state index is 12.6. The van der Waals surface area contributed by atoms with Gasteiger partial charge in [0.15, 0.2) is 0 Å². The lowest BCUT2D eigenvalue weighted by Crippen LogP contribution is -2.40. The van der Waals surface area contributed by atoms with Gasteiger partial charge >= 0.3 is 0 Å². The van der Waals surface area contributed by atoms with Gasteiger partial charge in [-0.05, 0) is 38.2 Å². The molecule has 2 N–H and O–H groups in total. The van der Waals surface area contributed by atoms with Crippen molar-refractivity contribution in [1.29, 1.82) is 0 Å². The van der Waals surface area contributed by atoms with Crippen molar-refractivity contribution >= 4 is 34.2 Å². The summed E-state index contributed by atoms with van der Waals surface area (Å²) in [6, 6.07) is 17.1. The van der Waals surface area contributed by atoms with Crippen LogP contribution in [-0.2, 0) is 4.79 Å². The number of hydrogen-bond acceptors (Lipinski definition) is 3. The van der Waals surface area contributed by atoms with E-state index < -0.39 is 6.10 Å². The van der Waals surface area contributed by atoms with Crippen molar-refractivity contribution < 1.29 is 9.53 Å². The van der Waals surface area contributed by atoms with Crippen molar-refractivity contribution in [3.05, 3.63) is 64.6 Å². The molecule has 2 unspecified atom stereocenters. The topological polar surface area (TPSA) is 50.4 Å². The first-order valence-corrected chi connectivity index (χ1v) is 8.31. The molecule has 2 aromatic carbocycles. The number of hydrogen-bond donors (Lipinski definition) is 2. The van der Waals surface area contributed by atoms with Crippen molar-refractivity contribution in [3.63, 3.8) is 0 Å². The molecule has 0 spiro atoms. The Morgan fingerprint density at radius 1 is 1.12 bits per heavy atom. The van der Waals surface area contributed by atoms with Crippen LogP contribution < -0.4 is 15.4 Å². The van der Waals surface area contributed by atoms with E-state index in [2.05, 4.69) is 26.6 Å². The number of rotatable bonds is 7. The lowest BCUT2D eigenvalue weighted by atomic mass is 10.1. The van der Waals surface area contributed by atoms with Gasteiger partial charge in [-0.1, -0.05) is 46.3 Å². The van der Waals surface area contributed by atoms with Crippen LogP contribution in [0.15, 0.2) is 59.1 Å². The van der Waals surface area contributed by atoms with Crippen LogP contribution in [0.2, 0.25) is 0 Å². The van der Waals surface area contributed by atoms with Gasteiger partial charge in [0.1, 0.15) is 5.75 Å². The van der Waals surface area contributed by atoms with Gasteiger partial charge in [0.2, 0.25) is 6.10 Å². The van der Waals surface area contributed by atoms with Crippen LogP contribution in [0.4, 0.5) is 0 Å². The molecule has 24 heavy (non-hydrogen) atoms. The van der Waals surface area contributed by atoms with Crippen LogP contribution in [0.1, 0.15) is 18.6 Å². The molecular formula is C18H22BrClN2O2. The molecule has 130 valence electrons. The van der Waals surface area contributed by atoms with E-state index in [4.69, 9.17) is 4.74 Å². The van der Waals surface area contributed by atoms with Crippen LogP contribution in [0.5, 0.6) is 5.75 Å². The zero-order valence-corrected chi connectivity index (χ0v) is 16.1. The predicted molar refractivity (Wildman–Crippen MR) is 103 cm³/mol. The first kappa shape index (κ1) is 20.5. The van der Waals surface area contributed by atoms with Crippen LogP contribution in [0.25, 0.3) is 0 Å². The number of nitrogens with one attached hydrogen (secondary N) is 2. The number of carbonyl (C=O) groups excluding carboxylic acids is 1. The number of amides is 1. The fraction of sp³-hybridized carbons (Fsp3) is 0.278. The number of likely N-dealkylation sites (N-methyl/N-ethyl adjacent to an activating group) is 1. The van der Waals surface area contributed by atoms with Crippen LogP contribution in [0.3, 0.4) is 0 Å². The molecule has 0 aliphatic heterocycles. The molecule has 0 aromatic heterocycles. The summed E-state index contributed by atoms with van der Waals surface area (Å²) >= 11 is 3.39. The van der Waals surface area contributed by atoms with E-state index in [0.29, 0.717) is 12.3 Å². The van der Waals surface area contributed by atoms with E-state index in [-0.39, 0.29) is 24.4 Å². The summed E-state index contributed by atoms with van der Waals surface area (Å²) in [5.74, 6) is 0.500. The largest absolute Gasteiger partial charge is 0.476 e. The van der Waals surface area contributed by atoms with Gasteiger partial charge in [0.05, 0.1) is 0 Å². The standard InChI is InChI=1S/C18H21BrN2O2.ClH/c1-13(20-2)12-21-18(22)17(14-6-4-3-5-7-14)23-16-10-8-15(19)9-11-16;/h3-11,13,17,20H,12H2,1-2H3,(H,21,22);1H. The lowest BCUT2D eigenvalue weighted by Gasteiger charge is -2.20. The van der Waals surface area contributed by atoms with Crippen molar-refractivity contribution in [2.45, 2.75) is 19.1 Å². The fourth-order valence-corrected chi connectivity index (χ4v) is 2.26. The van der Waals surface area contributed by atoms with Crippen LogP contribution in [-0.4, -0.2) is 25.5 Å². The molecule has 2 aromatic rings. The summed E-state index contributed by atoms with van der Waals surface area (Å²) in [6.07, 6.45) is -0.679. The molecule has 1 amide bonds. The Bertz CT molecular complexity index is 623. The van der Waals surface area contributed by atoms with Crippen molar-refractivity contribution in [3.8, 4) is 5.75 Å². The maximum Gasteiger partial charge on any atom is 0.265 e. The molecule has 0 saturated carbocycles. The first-order chi connectivity index (χ1) is 11.1. The highest BCUT2D eigenvalue weighted by atomic mass is 79.9. The van der Waals surface area contributed by atoms with Gasteiger partial charge in [0, 0.05) is 22.6 Å². The molecule has 0 aliphatic rings. The van der Waals surface area contributed by atoms with Crippen LogP contribution in [0, 0.1) is 0 Å². The van der Waals surface area contributed by atoms with Crippen molar-refractivity contribution in [2.75, 3.05) is 13.6 Å². The van der Waals surface area contributed by atoms with E-state index in [1.54, 1.807) is 0 Å². The smallest absolute Gasteiger partial charge is 0.265 e. The summed E-state index contributed by atoms with van der Waals surface area (Å²) in [7, 11) is 1.86. The highest BCUT2D eigenvalue weighted by Crippen LogP contribution is 2.24. The van der Waals surface area contributed by atoms with Gasteiger partial charge in [-0.15, -0.1) is 12.4 Å². The second-order valence-electron chi connectivity index (χ2n) is 5.30. The third-order valence-corrected chi connectivity index (χ3v) is 4.01. The van der Waals surface area contributed by atoms with Gasteiger partial charge < -0.3 is 15.4 Å². The Morgan fingerprint density at radius 2 is 1.75 bits per heavy atom. The zero-order chi connectivity index (χ0) is 16.7. The van der Waals surface area contributed by atoms with Crippen LogP contribution >= 0.6 is 28.3 Å². The number of benzene rings is 2. The van der Waals surface area contributed by atoms with Gasteiger partial charge in [-0.25, -0.2) is 0 Å². The van der Waals surface area contributed by atoms with E-state index >= 15 is 0 Å². The Kier molecular flexibility index (Phi) is 8.82. The fourth-order valence-electron chi connectivity index (χ4n) is 2.00. The average molecular weight is 414 g/mol. The van der Waals surface area contributed by atoms with E-state index in [9.17, 15) is 4.79 Å². The van der Waals surface area contributed by atoms with E-state index in [0.717, 1.165) is 10.0 Å². The Hall–Kier alpha value is -1.56. The molecule has 0 heterocycles. The van der Waals surface area contributed by atoms with E-state index in [1.165, 1.54) is 0 Å². The Morgan fingerprint density at radius 3 is 2.33 bits per heavy atom. The minimum atomic E-state index is -0.679. The molecule has 2 rings (SSSR count). The molecule has 0 radical (unpaired) electrons. The van der Waals surface area contributed by atoms with Gasteiger partial charge in [-0.3, -0.25) is 4.79 Å². The van der Waals surface area contributed by atoms with Gasteiger partial charge in [-0.2, -0.15) is 0 Å².